The highest BCUT2D eigenvalue weighted by Crippen LogP contribution is 2.45. The highest BCUT2D eigenvalue weighted by molar-refractivity contribution is 7.18. The third-order valence-corrected chi connectivity index (χ3v) is 7.11. The molecule has 2 aromatic rings. The fraction of sp³-hybridized carbons (Fsp3) is 0.600. The van der Waals surface area contributed by atoms with Gasteiger partial charge in [-0.05, 0) is 81.6 Å². The molecule has 25 heavy (non-hydrogen) atoms. The second-order valence-corrected chi connectivity index (χ2v) is 8.93. The molecular formula is C20H25N3OS. The molecular weight excluding hydrogens is 330 g/mol. The number of carbonyl (C=O) groups excluding carboxylic acids is 1. The lowest BCUT2D eigenvalue weighted by molar-refractivity contribution is 0.0917. The monoisotopic (exact) mass is 355 g/mol. The molecule has 1 aromatic carbocycles. The minimum absolute atomic E-state index is 0.102. The van der Waals surface area contributed by atoms with Crippen LogP contribution in [0.25, 0.3) is 10.2 Å². The van der Waals surface area contributed by atoms with E-state index in [1.807, 2.05) is 11.3 Å². The minimum atomic E-state index is 0.102. The Morgan fingerprint density at radius 2 is 1.88 bits per heavy atom. The molecule has 1 saturated heterocycles. The van der Waals surface area contributed by atoms with Crippen LogP contribution in [-0.2, 0) is 0 Å². The second-order valence-electron chi connectivity index (χ2n) is 7.86. The number of hydrogen-bond donors (Lipinski definition) is 2. The molecule has 0 unspecified atom stereocenters. The number of aromatic nitrogens is 1. The molecule has 1 amide bonds. The van der Waals surface area contributed by atoms with E-state index in [0.717, 1.165) is 31.5 Å². The van der Waals surface area contributed by atoms with Gasteiger partial charge >= 0.3 is 0 Å². The quantitative estimate of drug-likeness (QED) is 0.874. The summed E-state index contributed by atoms with van der Waals surface area (Å²) < 4.78 is 1.21. The number of carbonyl (C=O) groups is 1. The van der Waals surface area contributed by atoms with Crippen LogP contribution in [0.4, 0.5) is 0 Å². The highest BCUT2D eigenvalue weighted by Gasteiger charge is 2.30. The maximum Gasteiger partial charge on any atom is 0.251 e. The van der Waals surface area contributed by atoms with E-state index in [0.29, 0.717) is 17.9 Å². The van der Waals surface area contributed by atoms with Crippen LogP contribution in [0.5, 0.6) is 0 Å². The van der Waals surface area contributed by atoms with Gasteiger partial charge in [0.2, 0.25) is 0 Å². The van der Waals surface area contributed by atoms with Gasteiger partial charge in [0.05, 0.1) is 15.2 Å². The average Bonchev–Trinajstić information content (AvgIpc) is 3.36. The van der Waals surface area contributed by atoms with Gasteiger partial charge in [-0.3, -0.25) is 4.79 Å². The Hall–Kier alpha value is -1.46. The fourth-order valence-corrected chi connectivity index (χ4v) is 5.18. The van der Waals surface area contributed by atoms with Crippen LogP contribution in [0, 0.1) is 0 Å². The maximum atomic E-state index is 12.7. The normalized spacial score (nSPS) is 22.1. The molecule has 5 rings (SSSR count). The van der Waals surface area contributed by atoms with Crippen LogP contribution in [0.2, 0.25) is 0 Å². The molecule has 3 aliphatic rings. The summed E-state index contributed by atoms with van der Waals surface area (Å²) in [7, 11) is 0. The van der Waals surface area contributed by atoms with Crippen molar-refractivity contribution in [3.63, 3.8) is 0 Å². The molecule has 4 nitrogen and oxygen atoms in total. The molecule has 0 bridgehead atoms. The van der Waals surface area contributed by atoms with Gasteiger partial charge in [0.1, 0.15) is 0 Å². The van der Waals surface area contributed by atoms with E-state index < -0.39 is 0 Å². The molecule has 0 spiro atoms. The summed E-state index contributed by atoms with van der Waals surface area (Å²) in [6, 6.07) is 4.59. The van der Waals surface area contributed by atoms with E-state index >= 15 is 0 Å². The van der Waals surface area contributed by atoms with Gasteiger partial charge in [0, 0.05) is 17.5 Å². The van der Waals surface area contributed by atoms with Crippen molar-refractivity contribution in [3.8, 4) is 0 Å². The number of nitrogens with zero attached hydrogens (tertiary/aromatic N) is 1. The lowest BCUT2D eigenvalue weighted by Crippen LogP contribution is -2.39. The Balaban J connectivity index is 1.50. The first-order valence-electron chi connectivity index (χ1n) is 9.74. The van der Waals surface area contributed by atoms with E-state index in [-0.39, 0.29) is 5.91 Å². The number of rotatable bonds is 4. The molecule has 0 atom stereocenters. The molecule has 2 heterocycles. The maximum absolute atomic E-state index is 12.7. The molecule has 2 saturated carbocycles. The van der Waals surface area contributed by atoms with E-state index in [4.69, 9.17) is 4.98 Å². The van der Waals surface area contributed by atoms with Crippen LogP contribution in [0.15, 0.2) is 12.1 Å². The SMILES string of the molecule is O=C(NC1CCC1)c1cc(C2CC2)c2nc(C3CCNCC3)sc2c1. The molecule has 132 valence electrons. The summed E-state index contributed by atoms with van der Waals surface area (Å²) in [5, 5.41) is 7.90. The first-order chi connectivity index (χ1) is 12.3. The van der Waals surface area contributed by atoms with Crippen LogP contribution >= 0.6 is 11.3 Å². The average molecular weight is 356 g/mol. The van der Waals surface area contributed by atoms with Gasteiger partial charge in [-0.1, -0.05) is 0 Å². The van der Waals surface area contributed by atoms with E-state index in [9.17, 15) is 4.79 Å². The summed E-state index contributed by atoms with van der Waals surface area (Å²) in [6.07, 6.45) is 8.33. The highest BCUT2D eigenvalue weighted by atomic mass is 32.1. The Morgan fingerprint density at radius 1 is 1.08 bits per heavy atom. The third-order valence-electron chi connectivity index (χ3n) is 5.95. The van der Waals surface area contributed by atoms with Crippen LogP contribution in [0.3, 0.4) is 0 Å². The zero-order valence-electron chi connectivity index (χ0n) is 14.5. The third kappa shape index (κ3) is 3.08. The molecule has 5 heteroatoms. The zero-order valence-corrected chi connectivity index (χ0v) is 15.3. The fourth-order valence-electron chi connectivity index (χ4n) is 3.97. The van der Waals surface area contributed by atoms with E-state index in [2.05, 4.69) is 22.8 Å². The lowest BCUT2D eigenvalue weighted by Gasteiger charge is -2.26. The molecule has 2 aliphatic carbocycles. The van der Waals surface area contributed by atoms with Crippen molar-refractivity contribution in [2.45, 2.75) is 62.8 Å². The predicted molar refractivity (Wildman–Crippen MR) is 102 cm³/mol. The number of nitrogens with one attached hydrogen (secondary N) is 2. The standard InChI is InChI=1S/C20H25N3OS/c24-19(22-15-2-1-3-15)14-10-16(12-4-5-12)18-17(11-14)25-20(23-18)13-6-8-21-9-7-13/h10-13,15,21H,1-9H2,(H,22,24). The summed E-state index contributed by atoms with van der Waals surface area (Å²) in [6.45, 7) is 2.18. The van der Waals surface area contributed by atoms with Crippen molar-refractivity contribution in [3.05, 3.63) is 28.3 Å². The number of benzene rings is 1. The Kier molecular flexibility index (Phi) is 4.01. The number of hydrogen-bond acceptors (Lipinski definition) is 4. The summed E-state index contributed by atoms with van der Waals surface area (Å²) in [4.78, 5) is 17.7. The molecule has 3 fully saturated rings. The smallest absolute Gasteiger partial charge is 0.251 e. The number of fused-ring (bicyclic) bond motifs is 1. The molecule has 2 N–H and O–H groups in total. The Labute approximate surface area is 152 Å². The van der Waals surface area contributed by atoms with E-state index in [1.165, 1.54) is 52.9 Å². The minimum Gasteiger partial charge on any atom is -0.349 e. The van der Waals surface area contributed by atoms with Gasteiger partial charge < -0.3 is 10.6 Å². The number of piperidine rings is 1. The van der Waals surface area contributed by atoms with Crippen LogP contribution < -0.4 is 10.6 Å². The Morgan fingerprint density at radius 3 is 2.56 bits per heavy atom. The van der Waals surface area contributed by atoms with E-state index in [1.54, 1.807) is 0 Å². The van der Waals surface area contributed by atoms with Crippen molar-refractivity contribution < 1.29 is 4.79 Å². The topological polar surface area (TPSA) is 54.0 Å². The van der Waals surface area contributed by atoms with Crippen molar-refractivity contribution in [1.29, 1.82) is 0 Å². The molecule has 0 radical (unpaired) electrons. The van der Waals surface area contributed by atoms with Crippen molar-refractivity contribution in [1.82, 2.24) is 15.6 Å². The summed E-state index contributed by atoms with van der Waals surface area (Å²) >= 11 is 1.81. The Bertz CT molecular complexity index is 801. The van der Waals surface area contributed by atoms with Gasteiger partial charge in [-0.25, -0.2) is 4.98 Å². The van der Waals surface area contributed by atoms with Gasteiger partial charge in [0.15, 0.2) is 0 Å². The van der Waals surface area contributed by atoms with Gasteiger partial charge in [-0.2, -0.15) is 0 Å². The molecule has 1 aliphatic heterocycles. The number of amides is 1. The lowest BCUT2D eigenvalue weighted by atomic mass is 9.93. The van der Waals surface area contributed by atoms with Gasteiger partial charge in [0.25, 0.3) is 5.91 Å². The van der Waals surface area contributed by atoms with Crippen molar-refractivity contribution in [2.24, 2.45) is 0 Å². The summed E-state index contributed by atoms with van der Waals surface area (Å²) in [5.41, 5.74) is 3.32. The first kappa shape index (κ1) is 15.8. The molecule has 1 aromatic heterocycles. The summed E-state index contributed by atoms with van der Waals surface area (Å²) in [5.74, 6) is 1.30. The van der Waals surface area contributed by atoms with Crippen molar-refractivity contribution >= 4 is 27.5 Å². The first-order valence-corrected chi connectivity index (χ1v) is 10.6. The predicted octanol–water partition coefficient (Wildman–Crippen LogP) is 3.92. The van der Waals surface area contributed by atoms with Crippen LogP contribution in [0.1, 0.15) is 77.7 Å². The largest absolute Gasteiger partial charge is 0.349 e. The van der Waals surface area contributed by atoms with Gasteiger partial charge in [-0.15, -0.1) is 11.3 Å². The number of thiazole rings is 1. The zero-order chi connectivity index (χ0) is 16.8. The van der Waals surface area contributed by atoms with Crippen LogP contribution in [-0.4, -0.2) is 30.0 Å². The van der Waals surface area contributed by atoms with Crippen molar-refractivity contribution in [2.75, 3.05) is 13.1 Å². The second kappa shape index (κ2) is 6.36.